The van der Waals surface area contributed by atoms with Crippen molar-refractivity contribution in [3.05, 3.63) is 83.7 Å². The number of rotatable bonds is 4. The Bertz CT molecular complexity index is 1640. The third kappa shape index (κ3) is 3.51. The van der Waals surface area contributed by atoms with Crippen LogP contribution in [0.1, 0.15) is 29.9 Å². The SMILES string of the molecule is C=CCc1cccc(C2C3=CCC4C(=O)N(C(N)=O)C(=O)C4C3CC3(Cl)C(=O)N(c4ccc(F)cc4)C(=O)C23Cl)c1O. The number of urea groups is 1. The molecule has 216 valence electrons. The number of primary amides is 1. The lowest BCUT2D eigenvalue weighted by Gasteiger charge is -2.50. The van der Waals surface area contributed by atoms with Crippen LogP contribution >= 0.6 is 23.2 Å². The number of carbonyl (C=O) groups is 5. The molecule has 6 amide bonds. The van der Waals surface area contributed by atoms with E-state index in [9.17, 15) is 33.5 Å². The zero-order valence-electron chi connectivity index (χ0n) is 21.9. The fraction of sp³-hybridized carbons (Fsp3) is 0.300. The van der Waals surface area contributed by atoms with Crippen LogP contribution in [0, 0.1) is 23.6 Å². The molecule has 1 saturated carbocycles. The van der Waals surface area contributed by atoms with E-state index in [2.05, 4.69) is 6.58 Å². The highest BCUT2D eigenvalue weighted by atomic mass is 35.5. The lowest BCUT2D eigenvalue weighted by molar-refractivity contribution is -0.136. The molecule has 6 rings (SSSR count). The van der Waals surface area contributed by atoms with Crippen LogP contribution in [0.2, 0.25) is 0 Å². The van der Waals surface area contributed by atoms with Crippen molar-refractivity contribution in [1.29, 1.82) is 0 Å². The number of carbonyl (C=O) groups excluding carboxylic acids is 5. The highest BCUT2D eigenvalue weighted by Gasteiger charge is 2.77. The molecule has 0 spiro atoms. The van der Waals surface area contributed by atoms with Crippen LogP contribution in [-0.4, -0.2) is 49.4 Å². The first kappa shape index (κ1) is 28.1. The zero-order chi connectivity index (χ0) is 30.3. The van der Waals surface area contributed by atoms with Gasteiger partial charge in [0.1, 0.15) is 11.6 Å². The lowest BCUT2D eigenvalue weighted by atomic mass is 9.56. The number of para-hydroxylation sites is 1. The van der Waals surface area contributed by atoms with Gasteiger partial charge in [-0.05, 0) is 55.0 Å². The average Bonchev–Trinajstić information content (AvgIpc) is 3.29. The summed E-state index contributed by atoms with van der Waals surface area (Å²) in [5, 5.41) is 11.4. The summed E-state index contributed by atoms with van der Waals surface area (Å²) < 4.78 is 13.7. The van der Waals surface area contributed by atoms with E-state index in [-0.39, 0.29) is 36.3 Å². The number of alkyl halides is 2. The molecule has 0 aromatic heterocycles. The number of hydrogen-bond donors (Lipinski definition) is 2. The summed E-state index contributed by atoms with van der Waals surface area (Å²) in [6.07, 6.45) is 3.22. The molecule has 3 N–H and O–H groups in total. The number of benzene rings is 2. The first-order valence-corrected chi connectivity index (χ1v) is 13.9. The minimum atomic E-state index is -2.20. The van der Waals surface area contributed by atoms with E-state index in [0.29, 0.717) is 16.0 Å². The second-order valence-corrected chi connectivity index (χ2v) is 12.2. The summed E-state index contributed by atoms with van der Waals surface area (Å²) >= 11 is 14.5. The molecule has 6 atom stereocenters. The van der Waals surface area contributed by atoms with Crippen molar-refractivity contribution in [2.24, 2.45) is 23.5 Å². The van der Waals surface area contributed by atoms with Gasteiger partial charge in [-0.3, -0.25) is 19.2 Å². The number of aromatic hydroxyl groups is 1. The summed E-state index contributed by atoms with van der Waals surface area (Å²) in [7, 11) is 0. The maximum Gasteiger partial charge on any atom is 0.328 e. The van der Waals surface area contributed by atoms with Crippen LogP contribution in [0.25, 0.3) is 0 Å². The van der Waals surface area contributed by atoms with Gasteiger partial charge in [0.2, 0.25) is 11.8 Å². The zero-order valence-corrected chi connectivity index (χ0v) is 23.4. The van der Waals surface area contributed by atoms with Gasteiger partial charge in [0.25, 0.3) is 11.8 Å². The van der Waals surface area contributed by atoms with Gasteiger partial charge in [-0.15, -0.1) is 29.8 Å². The molecule has 0 bridgehead atoms. The van der Waals surface area contributed by atoms with Gasteiger partial charge in [-0.25, -0.2) is 14.1 Å². The third-order valence-corrected chi connectivity index (χ3v) is 10.4. The van der Waals surface area contributed by atoms with E-state index >= 15 is 0 Å². The van der Waals surface area contributed by atoms with Crippen LogP contribution < -0.4 is 10.6 Å². The largest absolute Gasteiger partial charge is 0.507 e. The van der Waals surface area contributed by atoms with Crippen molar-refractivity contribution < 1.29 is 33.5 Å². The second-order valence-electron chi connectivity index (χ2n) is 10.9. The van der Waals surface area contributed by atoms with Crippen LogP contribution in [0.15, 0.2) is 66.8 Å². The second kappa shape index (κ2) is 9.50. The Morgan fingerprint density at radius 1 is 1.07 bits per heavy atom. The lowest BCUT2D eigenvalue weighted by Crippen LogP contribution is -2.60. The molecule has 2 saturated heterocycles. The molecule has 3 fully saturated rings. The number of phenolic OH excluding ortho intramolecular Hbond substituents is 1. The van der Waals surface area contributed by atoms with Crippen molar-refractivity contribution in [2.75, 3.05) is 4.90 Å². The highest BCUT2D eigenvalue weighted by Crippen LogP contribution is 2.66. The molecule has 2 aromatic carbocycles. The summed E-state index contributed by atoms with van der Waals surface area (Å²) in [5.41, 5.74) is 6.49. The predicted octanol–water partition coefficient (Wildman–Crippen LogP) is 3.90. The Kier molecular flexibility index (Phi) is 6.36. The Hall–Kier alpha value is -4.02. The summed E-state index contributed by atoms with van der Waals surface area (Å²) in [6.45, 7) is 3.71. The fourth-order valence-electron chi connectivity index (χ4n) is 7.13. The van der Waals surface area contributed by atoms with Gasteiger partial charge >= 0.3 is 6.03 Å². The monoisotopic (exact) mass is 611 g/mol. The summed E-state index contributed by atoms with van der Waals surface area (Å²) in [4.78, 5) is 63.8. The minimum Gasteiger partial charge on any atom is -0.507 e. The number of halogens is 3. The fourth-order valence-corrected chi connectivity index (χ4v) is 8.05. The van der Waals surface area contributed by atoms with Gasteiger partial charge in [-0.1, -0.05) is 35.9 Å². The van der Waals surface area contributed by atoms with E-state index in [1.807, 2.05) is 0 Å². The van der Waals surface area contributed by atoms with Gasteiger partial charge in [0.15, 0.2) is 9.75 Å². The maximum absolute atomic E-state index is 14.3. The number of likely N-dealkylation sites (tertiary alicyclic amines) is 1. The third-order valence-electron chi connectivity index (χ3n) is 8.94. The summed E-state index contributed by atoms with van der Waals surface area (Å²) in [5.74, 6) is -8.34. The van der Waals surface area contributed by atoms with E-state index in [1.54, 1.807) is 30.4 Å². The van der Waals surface area contributed by atoms with Crippen molar-refractivity contribution >= 4 is 58.5 Å². The normalized spacial score (nSPS) is 31.9. The molecule has 2 heterocycles. The molecule has 2 aromatic rings. The number of amides is 6. The molecular weight excluding hydrogens is 588 g/mol. The molecule has 6 unspecified atom stereocenters. The van der Waals surface area contributed by atoms with Gasteiger partial charge in [0, 0.05) is 11.5 Å². The van der Waals surface area contributed by atoms with E-state index in [4.69, 9.17) is 28.9 Å². The van der Waals surface area contributed by atoms with Crippen LogP contribution in [-0.2, 0) is 25.6 Å². The predicted molar refractivity (Wildman–Crippen MR) is 150 cm³/mol. The minimum absolute atomic E-state index is 0.0283. The molecule has 2 aliphatic heterocycles. The molecule has 2 aliphatic carbocycles. The molecule has 4 aliphatic rings. The van der Waals surface area contributed by atoms with Gasteiger partial charge in [0.05, 0.1) is 17.5 Å². The quantitative estimate of drug-likeness (QED) is 0.305. The average molecular weight is 612 g/mol. The van der Waals surface area contributed by atoms with E-state index in [0.717, 1.165) is 17.0 Å². The number of anilines is 1. The van der Waals surface area contributed by atoms with Crippen molar-refractivity contribution in [3.8, 4) is 5.75 Å². The number of fused-ring (bicyclic) bond motifs is 4. The smallest absolute Gasteiger partial charge is 0.328 e. The van der Waals surface area contributed by atoms with Crippen molar-refractivity contribution in [1.82, 2.24) is 4.90 Å². The van der Waals surface area contributed by atoms with Gasteiger partial charge < -0.3 is 10.8 Å². The molecule has 12 heteroatoms. The Labute approximate surface area is 249 Å². The number of imide groups is 4. The van der Waals surface area contributed by atoms with Crippen molar-refractivity contribution in [3.63, 3.8) is 0 Å². The maximum atomic E-state index is 14.3. The van der Waals surface area contributed by atoms with Crippen LogP contribution in [0.4, 0.5) is 14.9 Å². The number of nitrogens with zero attached hydrogens (tertiary/aromatic N) is 2. The number of nitrogens with two attached hydrogens (primary N) is 1. The Balaban J connectivity index is 1.59. The molecule has 42 heavy (non-hydrogen) atoms. The van der Waals surface area contributed by atoms with E-state index in [1.165, 1.54) is 12.1 Å². The van der Waals surface area contributed by atoms with Crippen molar-refractivity contribution in [2.45, 2.75) is 34.9 Å². The number of allylic oxidation sites excluding steroid dienone is 3. The topological polar surface area (TPSA) is 138 Å². The summed E-state index contributed by atoms with van der Waals surface area (Å²) in [6, 6.07) is 8.29. The number of hydrogen-bond acceptors (Lipinski definition) is 6. The first-order chi connectivity index (χ1) is 19.9. The highest BCUT2D eigenvalue weighted by molar-refractivity contribution is 6.58. The molecule has 9 nitrogen and oxygen atoms in total. The Morgan fingerprint density at radius 3 is 2.40 bits per heavy atom. The van der Waals surface area contributed by atoms with Crippen LogP contribution in [0.3, 0.4) is 0 Å². The van der Waals surface area contributed by atoms with Crippen LogP contribution in [0.5, 0.6) is 5.75 Å². The van der Waals surface area contributed by atoms with Gasteiger partial charge in [-0.2, -0.15) is 4.90 Å². The van der Waals surface area contributed by atoms with E-state index < -0.39 is 68.9 Å². The number of phenols is 1. The standard InChI is InChI=1S/C30H24Cl2FN3O6/c1-2-4-14-5-3-6-19(23(14)37)22-17-11-12-18-21(25(39)36(24(18)38)28(34)42)20(17)13-29(31)26(40)35(27(41)30(22,29)32)16-9-7-15(33)8-10-16/h2-3,5-11,18,20-22,37H,1,4,12-13H2,(H2,34,42). The molecular formula is C30H24Cl2FN3O6. The molecule has 0 radical (unpaired) electrons. The Morgan fingerprint density at radius 2 is 1.76 bits per heavy atom. The first-order valence-electron chi connectivity index (χ1n) is 13.2.